The number of sulfonamides is 1. The van der Waals surface area contributed by atoms with Crippen molar-refractivity contribution in [3.8, 4) is 0 Å². The summed E-state index contributed by atoms with van der Waals surface area (Å²) in [6.45, 7) is 6.17. The normalized spacial score (nSPS) is 24.8. The van der Waals surface area contributed by atoms with E-state index in [4.69, 9.17) is 9.15 Å². The zero-order valence-corrected chi connectivity index (χ0v) is 14.0. The topological polar surface area (TPSA) is 80.6 Å². The van der Waals surface area contributed by atoms with Crippen LogP contribution >= 0.6 is 0 Å². The smallest absolute Gasteiger partial charge is 0.244 e. The maximum Gasteiger partial charge on any atom is 0.244 e. The Hall–Kier alpha value is -0.890. The lowest BCUT2D eigenvalue weighted by atomic mass is 9.65. The first-order chi connectivity index (χ1) is 9.72. The van der Waals surface area contributed by atoms with E-state index in [0.29, 0.717) is 24.5 Å². The average molecular weight is 316 g/mol. The number of nitrogens with one attached hydrogen (secondary N) is 2. The maximum absolute atomic E-state index is 12.5. The van der Waals surface area contributed by atoms with Gasteiger partial charge in [-0.15, -0.1) is 0 Å². The van der Waals surface area contributed by atoms with Crippen LogP contribution in [-0.2, 0) is 21.3 Å². The molecule has 0 amide bonds. The van der Waals surface area contributed by atoms with Crippen molar-refractivity contribution in [3.05, 3.63) is 17.6 Å². The van der Waals surface area contributed by atoms with E-state index in [-0.39, 0.29) is 22.5 Å². The van der Waals surface area contributed by atoms with Crippen molar-refractivity contribution in [2.45, 2.75) is 50.8 Å². The second-order valence-corrected chi connectivity index (χ2v) is 7.80. The summed E-state index contributed by atoms with van der Waals surface area (Å²) in [5.41, 5.74) is -0.215. The maximum atomic E-state index is 12.5. The van der Waals surface area contributed by atoms with Gasteiger partial charge in [0.05, 0.1) is 12.6 Å². The molecule has 1 fully saturated rings. The molecule has 2 rings (SSSR count). The fourth-order valence-corrected chi connectivity index (χ4v) is 4.40. The molecule has 21 heavy (non-hydrogen) atoms. The molecule has 1 aromatic rings. The summed E-state index contributed by atoms with van der Waals surface area (Å²) in [7, 11) is -0.140. The van der Waals surface area contributed by atoms with Crippen molar-refractivity contribution < 1.29 is 17.6 Å². The minimum atomic E-state index is -3.58. The molecule has 0 saturated heterocycles. The molecule has 2 unspecified atom stereocenters. The SMILES string of the molecule is CNCc1cc(S(=O)(=O)NC2CC(OC)C2(C)C)c(C)o1. The number of hydrogen-bond acceptors (Lipinski definition) is 5. The molecule has 1 aliphatic carbocycles. The fraction of sp³-hybridized carbons (Fsp3) is 0.714. The van der Waals surface area contributed by atoms with Crippen molar-refractivity contribution in [1.82, 2.24) is 10.0 Å². The van der Waals surface area contributed by atoms with Gasteiger partial charge in [-0.05, 0) is 20.4 Å². The van der Waals surface area contributed by atoms with Gasteiger partial charge >= 0.3 is 0 Å². The minimum absolute atomic E-state index is 0.0792. The van der Waals surface area contributed by atoms with Crippen molar-refractivity contribution in [1.29, 1.82) is 0 Å². The van der Waals surface area contributed by atoms with E-state index >= 15 is 0 Å². The molecular formula is C14H24N2O4S. The van der Waals surface area contributed by atoms with Gasteiger partial charge < -0.3 is 14.5 Å². The van der Waals surface area contributed by atoms with E-state index in [9.17, 15) is 8.42 Å². The summed E-state index contributed by atoms with van der Waals surface area (Å²) in [5.74, 6) is 1.02. The van der Waals surface area contributed by atoms with E-state index in [1.165, 1.54) is 0 Å². The Morgan fingerprint density at radius 2 is 2.14 bits per heavy atom. The van der Waals surface area contributed by atoms with Gasteiger partial charge in [-0.3, -0.25) is 0 Å². The van der Waals surface area contributed by atoms with Crippen LogP contribution in [0.3, 0.4) is 0 Å². The van der Waals surface area contributed by atoms with E-state index in [1.54, 1.807) is 27.1 Å². The van der Waals surface area contributed by atoms with E-state index in [1.807, 2.05) is 13.8 Å². The quantitative estimate of drug-likeness (QED) is 0.829. The van der Waals surface area contributed by atoms with E-state index < -0.39 is 10.0 Å². The molecule has 0 radical (unpaired) electrons. The standard InChI is InChI=1S/C14H24N2O4S/c1-9-11(6-10(20-9)8-15-4)21(17,18)16-12-7-13(19-5)14(12,2)3/h6,12-13,15-16H,7-8H2,1-5H3. The molecule has 1 heterocycles. The van der Waals surface area contributed by atoms with Gasteiger partial charge in [0.15, 0.2) is 0 Å². The Kier molecular flexibility index (Phi) is 4.49. The highest BCUT2D eigenvalue weighted by Gasteiger charge is 2.50. The molecule has 0 aliphatic heterocycles. The molecule has 2 atom stereocenters. The second kappa shape index (κ2) is 5.72. The molecular weight excluding hydrogens is 292 g/mol. The van der Waals surface area contributed by atoms with Crippen LogP contribution in [0, 0.1) is 12.3 Å². The lowest BCUT2D eigenvalue weighted by Crippen LogP contribution is -2.61. The predicted molar refractivity (Wildman–Crippen MR) is 79.5 cm³/mol. The average Bonchev–Trinajstić information content (AvgIpc) is 2.76. The Labute approximate surface area is 126 Å². The zero-order valence-electron chi connectivity index (χ0n) is 13.2. The third-order valence-electron chi connectivity index (χ3n) is 4.32. The Morgan fingerprint density at radius 1 is 1.48 bits per heavy atom. The van der Waals surface area contributed by atoms with Crippen molar-refractivity contribution in [2.24, 2.45) is 5.41 Å². The molecule has 6 nitrogen and oxygen atoms in total. The molecule has 7 heteroatoms. The fourth-order valence-electron chi connectivity index (χ4n) is 2.79. The molecule has 0 bridgehead atoms. The van der Waals surface area contributed by atoms with Crippen molar-refractivity contribution in [2.75, 3.05) is 14.2 Å². The molecule has 1 aliphatic rings. The van der Waals surface area contributed by atoms with Crippen LogP contribution < -0.4 is 10.0 Å². The monoisotopic (exact) mass is 316 g/mol. The number of rotatable bonds is 6. The number of methoxy groups -OCH3 is 1. The number of ether oxygens (including phenoxy) is 1. The van der Waals surface area contributed by atoms with Gasteiger partial charge in [0.1, 0.15) is 16.4 Å². The Balaban J connectivity index is 2.16. The van der Waals surface area contributed by atoms with Gasteiger partial charge in [-0.25, -0.2) is 13.1 Å². The van der Waals surface area contributed by atoms with Crippen molar-refractivity contribution >= 4 is 10.0 Å². The predicted octanol–water partition coefficient (Wildman–Crippen LogP) is 1.40. The first kappa shape index (κ1) is 16.5. The minimum Gasteiger partial charge on any atom is -0.464 e. The first-order valence-electron chi connectivity index (χ1n) is 7.01. The van der Waals surface area contributed by atoms with Crippen LogP contribution in [0.2, 0.25) is 0 Å². The molecule has 0 spiro atoms. The van der Waals surface area contributed by atoms with Crippen LogP contribution in [0.25, 0.3) is 0 Å². The molecule has 1 aromatic heterocycles. The summed E-state index contributed by atoms with van der Waals surface area (Å²) in [5, 5.41) is 2.94. The largest absolute Gasteiger partial charge is 0.464 e. The zero-order chi connectivity index (χ0) is 15.8. The molecule has 2 N–H and O–H groups in total. The van der Waals surface area contributed by atoms with Gasteiger partial charge in [0.2, 0.25) is 10.0 Å². The van der Waals surface area contributed by atoms with Gasteiger partial charge in [-0.1, -0.05) is 13.8 Å². The molecule has 0 aromatic carbocycles. The third kappa shape index (κ3) is 3.01. The highest BCUT2D eigenvalue weighted by molar-refractivity contribution is 7.89. The summed E-state index contributed by atoms with van der Waals surface area (Å²) in [6, 6.07) is 1.45. The van der Waals surface area contributed by atoms with E-state index in [2.05, 4.69) is 10.0 Å². The van der Waals surface area contributed by atoms with Crippen LogP contribution in [-0.4, -0.2) is 34.7 Å². The number of aryl methyl sites for hydroxylation is 1. The summed E-state index contributed by atoms with van der Waals surface area (Å²) < 4.78 is 38.6. The molecule has 120 valence electrons. The van der Waals surface area contributed by atoms with Gasteiger partial charge in [-0.2, -0.15) is 0 Å². The molecule has 1 saturated carbocycles. The summed E-state index contributed by atoms with van der Waals surface area (Å²) in [6.07, 6.45) is 0.763. The van der Waals surface area contributed by atoms with Crippen LogP contribution in [0.1, 0.15) is 31.8 Å². The van der Waals surface area contributed by atoms with Gasteiger partial charge in [0.25, 0.3) is 0 Å². The lowest BCUT2D eigenvalue weighted by Gasteiger charge is -2.50. The Bertz CT molecular complexity index is 606. The number of furan rings is 1. The Morgan fingerprint density at radius 3 is 2.67 bits per heavy atom. The van der Waals surface area contributed by atoms with Crippen LogP contribution in [0.5, 0.6) is 0 Å². The van der Waals surface area contributed by atoms with Crippen LogP contribution in [0.4, 0.5) is 0 Å². The highest BCUT2D eigenvalue weighted by Crippen LogP contribution is 2.43. The highest BCUT2D eigenvalue weighted by atomic mass is 32.2. The number of hydrogen-bond donors (Lipinski definition) is 2. The second-order valence-electron chi connectivity index (χ2n) is 6.12. The summed E-state index contributed by atoms with van der Waals surface area (Å²) in [4.78, 5) is 0.212. The van der Waals surface area contributed by atoms with Crippen LogP contribution in [0.15, 0.2) is 15.4 Å². The van der Waals surface area contributed by atoms with Crippen molar-refractivity contribution in [3.63, 3.8) is 0 Å². The van der Waals surface area contributed by atoms with Gasteiger partial charge in [0, 0.05) is 24.6 Å². The first-order valence-corrected chi connectivity index (χ1v) is 8.49. The van der Waals surface area contributed by atoms with E-state index in [0.717, 1.165) is 0 Å². The lowest BCUT2D eigenvalue weighted by molar-refractivity contribution is -0.0908. The summed E-state index contributed by atoms with van der Waals surface area (Å²) >= 11 is 0. The third-order valence-corrected chi connectivity index (χ3v) is 5.90.